The van der Waals surface area contributed by atoms with Crippen molar-refractivity contribution >= 4 is 41.5 Å². The Morgan fingerprint density at radius 3 is 2.96 bits per heavy atom. The second kappa shape index (κ2) is 9.89. The maximum absolute atomic E-state index is 6.02. The summed E-state index contributed by atoms with van der Waals surface area (Å²) in [7, 11) is 0. The number of hydrogen-bond donors (Lipinski definition) is 2. The largest absolute Gasteiger partial charge is 0.373 e. The average Bonchev–Trinajstić information content (AvgIpc) is 3.39. The molecule has 2 saturated heterocycles. The number of nitrogens with one attached hydrogen (secondary N) is 2. The molecule has 28 heavy (non-hydrogen) atoms. The predicted molar refractivity (Wildman–Crippen MR) is 119 cm³/mol. The maximum atomic E-state index is 6.02. The van der Waals surface area contributed by atoms with Crippen LogP contribution in [0.4, 0.5) is 0 Å². The molecule has 3 heterocycles. The molecular formula is C19H25ClIN5O2. The van der Waals surface area contributed by atoms with Crippen molar-refractivity contribution in [1.29, 1.82) is 0 Å². The second-order valence-corrected chi connectivity index (χ2v) is 7.33. The van der Waals surface area contributed by atoms with E-state index in [1.54, 1.807) is 0 Å². The normalized spacial score (nSPS) is 23.5. The molecule has 152 valence electrons. The third-order valence-electron chi connectivity index (χ3n) is 4.92. The van der Waals surface area contributed by atoms with E-state index in [4.69, 9.17) is 20.9 Å². The summed E-state index contributed by atoms with van der Waals surface area (Å²) in [5.74, 6) is 1.92. The molecule has 3 atom stereocenters. The van der Waals surface area contributed by atoms with E-state index in [1.165, 1.54) is 6.42 Å². The number of halogens is 2. The molecule has 2 aromatic rings. The van der Waals surface area contributed by atoms with Crippen LogP contribution in [-0.2, 0) is 11.2 Å². The second-order valence-electron chi connectivity index (χ2n) is 6.89. The molecule has 0 radical (unpaired) electrons. The van der Waals surface area contributed by atoms with Crippen LogP contribution >= 0.6 is 35.6 Å². The van der Waals surface area contributed by atoms with Crippen LogP contribution in [0.1, 0.15) is 32.1 Å². The van der Waals surface area contributed by atoms with E-state index < -0.39 is 0 Å². The monoisotopic (exact) mass is 517 g/mol. The molecule has 2 aliphatic rings. The van der Waals surface area contributed by atoms with Gasteiger partial charge in [-0.05, 0) is 38.3 Å². The van der Waals surface area contributed by atoms with E-state index in [-0.39, 0.29) is 24.0 Å². The lowest BCUT2D eigenvalue weighted by atomic mass is 9.96. The summed E-state index contributed by atoms with van der Waals surface area (Å²) in [6.07, 6.45) is 4.69. The molecule has 1 aromatic heterocycles. The molecule has 0 saturated carbocycles. The van der Waals surface area contributed by atoms with Crippen LogP contribution in [-0.4, -0.2) is 47.4 Å². The van der Waals surface area contributed by atoms with E-state index in [0.29, 0.717) is 48.0 Å². The topological polar surface area (TPSA) is 84.6 Å². The van der Waals surface area contributed by atoms with Crippen LogP contribution in [0.2, 0.25) is 5.02 Å². The van der Waals surface area contributed by atoms with Gasteiger partial charge in [-0.3, -0.25) is 4.99 Å². The van der Waals surface area contributed by atoms with Gasteiger partial charge in [0.15, 0.2) is 5.96 Å². The Morgan fingerprint density at radius 1 is 1.36 bits per heavy atom. The Hall–Kier alpha value is -1.39. The fraction of sp³-hybridized carbons (Fsp3) is 0.526. The number of hydrogen-bond acceptors (Lipinski definition) is 5. The fourth-order valence-electron chi connectivity index (χ4n) is 3.65. The standard InChI is InChI=1S/C19H24ClN5O2.HI/c1-2-21-19(23-15-11-14-6-7-16(15)26-14)22-9-8-17-24-18(25-27-17)12-4-3-5-13(20)10-12;/h3-5,10,14-16H,2,6-9,11H2,1H3,(H2,21,22,23);1H. The van der Waals surface area contributed by atoms with Gasteiger partial charge in [-0.25, -0.2) is 0 Å². The van der Waals surface area contributed by atoms with E-state index in [0.717, 1.165) is 30.9 Å². The Balaban J connectivity index is 0.00000225. The number of fused-ring (bicyclic) bond motifs is 2. The first-order chi connectivity index (χ1) is 13.2. The molecule has 2 aliphatic heterocycles. The highest BCUT2D eigenvalue weighted by atomic mass is 127. The summed E-state index contributed by atoms with van der Waals surface area (Å²) < 4.78 is 11.2. The molecule has 3 unspecified atom stereocenters. The van der Waals surface area contributed by atoms with Gasteiger partial charge in [-0.1, -0.05) is 28.9 Å². The predicted octanol–water partition coefficient (Wildman–Crippen LogP) is 3.43. The van der Waals surface area contributed by atoms with Gasteiger partial charge < -0.3 is 19.9 Å². The zero-order chi connectivity index (χ0) is 18.6. The smallest absolute Gasteiger partial charge is 0.228 e. The van der Waals surface area contributed by atoms with Gasteiger partial charge in [-0.15, -0.1) is 24.0 Å². The lowest BCUT2D eigenvalue weighted by Gasteiger charge is -2.22. The van der Waals surface area contributed by atoms with Crippen LogP contribution in [0, 0.1) is 0 Å². The van der Waals surface area contributed by atoms with Gasteiger partial charge in [0.1, 0.15) is 0 Å². The molecule has 2 bridgehead atoms. The summed E-state index contributed by atoms with van der Waals surface area (Å²) in [5.41, 5.74) is 0.840. The van der Waals surface area contributed by atoms with Crippen molar-refractivity contribution in [3.63, 3.8) is 0 Å². The number of ether oxygens (including phenoxy) is 1. The van der Waals surface area contributed by atoms with Crippen molar-refractivity contribution in [3.05, 3.63) is 35.2 Å². The van der Waals surface area contributed by atoms with Crippen LogP contribution in [0.3, 0.4) is 0 Å². The van der Waals surface area contributed by atoms with E-state index >= 15 is 0 Å². The first-order valence-electron chi connectivity index (χ1n) is 9.50. The van der Waals surface area contributed by atoms with Crippen LogP contribution in [0.25, 0.3) is 11.4 Å². The van der Waals surface area contributed by atoms with Gasteiger partial charge >= 0.3 is 0 Å². The Morgan fingerprint density at radius 2 is 2.25 bits per heavy atom. The minimum Gasteiger partial charge on any atom is -0.373 e. The fourth-order valence-corrected chi connectivity index (χ4v) is 3.84. The van der Waals surface area contributed by atoms with E-state index in [2.05, 4.69) is 32.7 Å². The molecule has 0 amide bonds. The summed E-state index contributed by atoms with van der Waals surface area (Å²) in [4.78, 5) is 9.07. The molecule has 0 spiro atoms. The van der Waals surface area contributed by atoms with Gasteiger partial charge in [-0.2, -0.15) is 4.98 Å². The lowest BCUT2D eigenvalue weighted by Crippen LogP contribution is -2.47. The highest BCUT2D eigenvalue weighted by molar-refractivity contribution is 14.0. The highest BCUT2D eigenvalue weighted by Crippen LogP contribution is 2.34. The highest BCUT2D eigenvalue weighted by Gasteiger charge is 2.41. The minimum atomic E-state index is 0. The Labute approximate surface area is 186 Å². The van der Waals surface area contributed by atoms with Gasteiger partial charge in [0.05, 0.1) is 24.8 Å². The maximum Gasteiger partial charge on any atom is 0.228 e. The lowest BCUT2D eigenvalue weighted by molar-refractivity contribution is 0.0992. The van der Waals surface area contributed by atoms with Gasteiger partial charge in [0.2, 0.25) is 11.7 Å². The molecular weight excluding hydrogens is 493 g/mol. The molecule has 2 N–H and O–H groups in total. The van der Waals surface area contributed by atoms with Crippen LogP contribution in [0.15, 0.2) is 33.8 Å². The van der Waals surface area contributed by atoms with Crippen molar-refractivity contribution < 1.29 is 9.26 Å². The summed E-state index contributed by atoms with van der Waals surface area (Å²) >= 11 is 6.02. The number of aromatic nitrogens is 2. The first-order valence-corrected chi connectivity index (χ1v) is 9.88. The van der Waals surface area contributed by atoms with Crippen LogP contribution in [0.5, 0.6) is 0 Å². The van der Waals surface area contributed by atoms with Gasteiger partial charge in [0.25, 0.3) is 0 Å². The number of nitrogens with zero attached hydrogens (tertiary/aromatic N) is 3. The molecule has 1 aromatic carbocycles. The van der Waals surface area contributed by atoms with Crippen molar-refractivity contribution in [2.75, 3.05) is 13.1 Å². The van der Waals surface area contributed by atoms with E-state index in [9.17, 15) is 0 Å². The summed E-state index contributed by atoms with van der Waals surface area (Å²) in [5, 5.41) is 11.5. The number of rotatable bonds is 6. The van der Waals surface area contributed by atoms with Crippen molar-refractivity contribution in [3.8, 4) is 11.4 Å². The molecule has 7 nitrogen and oxygen atoms in total. The summed E-state index contributed by atoms with van der Waals surface area (Å²) in [6.45, 7) is 3.44. The van der Waals surface area contributed by atoms with Gasteiger partial charge in [0, 0.05) is 23.6 Å². The minimum absolute atomic E-state index is 0. The SMILES string of the molecule is CCNC(=NCCc1nc(-c2cccc(Cl)c2)no1)NC1CC2CCC1O2.I. The quantitative estimate of drug-likeness (QED) is 0.347. The number of guanidine groups is 1. The third-order valence-corrected chi connectivity index (χ3v) is 5.15. The Bertz CT molecular complexity index is 815. The number of benzene rings is 1. The molecule has 9 heteroatoms. The first kappa shape index (κ1) is 21.3. The van der Waals surface area contributed by atoms with Crippen molar-refractivity contribution in [1.82, 2.24) is 20.8 Å². The molecule has 0 aliphatic carbocycles. The Kier molecular flexibility index (Phi) is 7.53. The summed E-state index contributed by atoms with van der Waals surface area (Å²) in [6, 6.07) is 7.75. The number of aliphatic imine (C=N–C) groups is 1. The zero-order valence-electron chi connectivity index (χ0n) is 15.7. The zero-order valence-corrected chi connectivity index (χ0v) is 18.8. The van der Waals surface area contributed by atoms with Crippen molar-refractivity contribution in [2.45, 2.75) is 50.9 Å². The van der Waals surface area contributed by atoms with Crippen molar-refractivity contribution in [2.24, 2.45) is 4.99 Å². The molecule has 4 rings (SSSR count). The van der Waals surface area contributed by atoms with Crippen LogP contribution < -0.4 is 10.6 Å². The molecule has 2 fully saturated rings. The third kappa shape index (κ3) is 5.15. The van der Waals surface area contributed by atoms with E-state index in [1.807, 2.05) is 24.3 Å². The average molecular weight is 518 g/mol.